The maximum atomic E-state index is 6.24. The molecule has 0 aliphatic rings. The number of benzene rings is 1. The Morgan fingerprint density at radius 1 is 1.50 bits per heavy atom. The molecule has 0 aliphatic heterocycles. The number of thiazole rings is 1. The highest BCUT2D eigenvalue weighted by molar-refractivity contribution is 9.10. The molecule has 5 heteroatoms. The van der Waals surface area contributed by atoms with Crippen molar-refractivity contribution in [3.63, 3.8) is 0 Å². The summed E-state index contributed by atoms with van der Waals surface area (Å²) in [5, 5.41) is 7.10. The van der Waals surface area contributed by atoms with E-state index in [0.29, 0.717) is 5.92 Å². The SMILES string of the molecule is CNCC(C)c1nc(-c2ccc(Br)cc2Cl)cs1. The molecule has 0 saturated heterocycles. The predicted molar refractivity (Wildman–Crippen MR) is 82.6 cm³/mol. The number of hydrogen-bond acceptors (Lipinski definition) is 3. The van der Waals surface area contributed by atoms with Crippen LogP contribution in [0.1, 0.15) is 17.8 Å². The van der Waals surface area contributed by atoms with Crippen LogP contribution < -0.4 is 5.32 Å². The van der Waals surface area contributed by atoms with Crippen LogP contribution in [0, 0.1) is 0 Å². The lowest BCUT2D eigenvalue weighted by Gasteiger charge is -2.06. The zero-order valence-electron chi connectivity index (χ0n) is 10.2. The minimum atomic E-state index is 0.419. The van der Waals surface area contributed by atoms with E-state index in [-0.39, 0.29) is 0 Å². The summed E-state index contributed by atoms with van der Waals surface area (Å²) in [6.45, 7) is 3.10. The molecule has 0 radical (unpaired) electrons. The first-order chi connectivity index (χ1) is 8.61. The molecule has 1 unspecified atom stereocenters. The summed E-state index contributed by atoms with van der Waals surface area (Å²) < 4.78 is 0.982. The van der Waals surface area contributed by atoms with Crippen molar-refractivity contribution < 1.29 is 0 Å². The Bertz CT molecular complexity index is 542. The zero-order valence-corrected chi connectivity index (χ0v) is 13.4. The van der Waals surface area contributed by atoms with Gasteiger partial charge in [-0.3, -0.25) is 0 Å². The predicted octanol–water partition coefficient (Wildman–Crippen LogP) is 4.55. The third-order valence-corrected chi connectivity index (χ3v) is 4.54. The van der Waals surface area contributed by atoms with Gasteiger partial charge in [-0.25, -0.2) is 4.98 Å². The standard InChI is InChI=1S/C13H14BrClN2S/c1-8(6-16-2)13-17-12(7-18-13)10-4-3-9(14)5-11(10)15/h3-5,7-8,16H,6H2,1-2H3. The number of likely N-dealkylation sites (N-methyl/N-ethyl adjacent to an activating group) is 1. The lowest BCUT2D eigenvalue weighted by Crippen LogP contribution is -2.14. The Balaban J connectivity index is 2.29. The number of nitrogens with zero attached hydrogens (tertiary/aromatic N) is 1. The zero-order chi connectivity index (χ0) is 13.1. The highest BCUT2D eigenvalue weighted by Gasteiger charge is 2.12. The molecule has 2 aromatic rings. The van der Waals surface area contributed by atoms with Crippen LogP contribution in [0.4, 0.5) is 0 Å². The molecule has 2 rings (SSSR count). The van der Waals surface area contributed by atoms with Crippen LogP contribution in [0.25, 0.3) is 11.3 Å². The third-order valence-electron chi connectivity index (χ3n) is 2.66. The summed E-state index contributed by atoms with van der Waals surface area (Å²) in [4.78, 5) is 4.67. The van der Waals surface area contributed by atoms with Crippen molar-refractivity contribution in [2.75, 3.05) is 13.6 Å². The van der Waals surface area contributed by atoms with Gasteiger partial charge in [0.2, 0.25) is 0 Å². The van der Waals surface area contributed by atoms with Crippen LogP contribution in [0.5, 0.6) is 0 Å². The summed E-state index contributed by atoms with van der Waals surface area (Å²) >= 11 is 11.3. The minimum Gasteiger partial charge on any atom is -0.319 e. The van der Waals surface area contributed by atoms with Crippen LogP contribution >= 0.6 is 38.9 Å². The summed E-state index contributed by atoms with van der Waals surface area (Å²) in [6, 6.07) is 5.87. The van der Waals surface area contributed by atoms with Gasteiger partial charge in [0.05, 0.1) is 15.7 Å². The molecule has 0 amide bonds. The molecule has 1 aromatic carbocycles. The Morgan fingerprint density at radius 3 is 2.94 bits per heavy atom. The Kier molecular flexibility index (Phi) is 4.78. The van der Waals surface area contributed by atoms with E-state index in [1.165, 1.54) is 0 Å². The molecule has 2 nitrogen and oxygen atoms in total. The van der Waals surface area contributed by atoms with Crippen molar-refractivity contribution in [1.29, 1.82) is 0 Å². The van der Waals surface area contributed by atoms with E-state index in [9.17, 15) is 0 Å². The van der Waals surface area contributed by atoms with Gasteiger partial charge in [-0.15, -0.1) is 11.3 Å². The molecule has 0 fully saturated rings. The highest BCUT2D eigenvalue weighted by atomic mass is 79.9. The van der Waals surface area contributed by atoms with Crippen molar-refractivity contribution in [2.45, 2.75) is 12.8 Å². The van der Waals surface area contributed by atoms with Gasteiger partial charge < -0.3 is 5.32 Å². The average molecular weight is 346 g/mol. The van der Waals surface area contributed by atoms with Gasteiger partial charge in [-0.2, -0.15) is 0 Å². The lowest BCUT2D eigenvalue weighted by molar-refractivity contribution is 0.674. The van der Waals surface area contributed by atoms with Crippen molar-refractivity contribution in [3.8, 4) is 11.3 Å². The fraction of sp³-hybridized carbons (Fsp3) is 0.308. The van der Waals surface area contributed by atoms with E-state index < -0.39 is 0 Å². The van der Waals surface area contributed by atoms with E-state index in [2.05, 4.69) is 38.5 Å². The largest absolute Gasteiger partial charge is 0.319 e. The second-order valence-electron chi connectivity index (χ2n) is 4.15. The molecule has 0 aliphatic carbocycles. The third kappa shape index (κ3) is 3.12. The van der Waals surface area contributed by atoms with Gasteiger partial charge in [0, 0.05) is 27.9 Å². The molecule has 1 aromatic heterocycles. The fourth-order valence-corrected chi connectivity index (χ4v) is 3.38. The molecule has 0 saturated carbocycles. The number of aromatic nitrogens is 1. The maximum absolute atomic E-state index is 6.24. The van der Waals surface area contributed by atoms with Crippen molar-refractivity contribution in [1.82, 2.24) is 10.3 Å². The molecular weight excluding hydrogens is 332 g/mol. The number of rotatable bonds is 4. The molecule has 18 heavy (non-hydrogen) atoms. The summed E-state index contributed by atoms with van der Waals surface area (Å²) in [7, 11) is 1.95. The Hall–Kier alpha value is -0.420. The molecule has 96 valence electrons. The molecule has 0 spiro atoms. The Morgan fingerprint density at radius 2 is 2.28 bits per heavy atom. The second-order valence-corrected chi connectivity index (χ2v) is 6.37. The smallest absolute Gasteiger partial charge is 0.0973 e. The van der Waals surface area contributed by atoms with Crippen LogP contribution in [0.15, 0.2) is 28.1 Å². The highest BCUT2D eigenvalue weighted by Crippen LogP contribution is 2.32. The first-order valence-electron chi connectivity index (χ1n) is 5.67. The van der Waals surface area contributed by atoms with Gasteiger partial charge in [-0.1, -0.05) is 40.5 Å². The van der Waals surface area contributed by atoms with E-state index in [0.717, 1.165) is 32.3 Å². The summed E-state index contributed by atoms with van der Waals surface area (Å²) in [5.41, 5.74) is 1.94. The van der Waals surface area contributed by atoms with E-state index in [1.807, 2.05) is 25.2 Å². The summed E-state index contributed by atoms with van der Waals surface area (Å²) in [5.74, 6) is 0.419. The molecule has 0 bridgehead atoms. The molecular formula is C13H14BrClN2S. The van der Waals surface area contributed by atoms with Crippen LogP contribution in [0.2, 0.25) is 5.02 Å². The molecule has 1 heterocycles. The van der Waals surface area contributed by atoms with Crippen molar-refractivity contribution in [3.05, 3.63) is 38.1 Å². The average Bonchev–Trinajstić information content (AvgIpc) is 2.78. The molecule has 1 atom stereocenters. The van der Waals surface area contributed by atoms with Gasteiger partial charge in [0.25, 0.3) is 0 Å². The monoisotopic (exact) mass is 344 g/mol. The van der Waals surface area contributed by atoms with Gasteiger partial charge in [0.1, 0.15) is 0 Å². The van der Waals surface area contributed by atoms with Crippen molar-refractivity contribution in [2.24, 2.45) is 0 Å². The first kappa shape index (κ1) is 14.0. The quantitative estimate of drug-likeness (QED) is 0.879. The van der Waals surface area contributed by atoms with Gasteiger partial charge in [0.15, 0.2) is 0 Å². The van der Waals surface area contributed by atoms with Crippen LogP contribution in [0.3, 0.4) is 0 Å². The number of hydrogen-bond donors (Lipinski definition) is 1. The first-order valence-corrected chi connectivity index (χ1v) is 7.72. The topological polar surface area (TPSA) is 24.9 Å². The number of nitrogens with one attached hydrogen (secondary N) is 1. The number of halogens is 2. The maximum Gasteiger partial charge on any atom is 0.0973 e. The van der Waals surface area contributed by atoms with E-state index in [4.69, 9.17) is 11.6 Å². The van der Waals surface area contributed by atoms with Crippen molar-refractivity contribution >= 4 is 38.9 Å². The van der Waals surface area contributed by atoms with E-state index in [1.54, 1.807) is 11.3 Å². The Labute approximate surface area is 125 Å². The van der Waals surface area contributed by atoms with Crippen LogP contribution in [-0.2, 0) is 0 Å². The van der Waals surface area contributed by atoms with E-state index >= 15 is 0 Å². The normalized spacial score (nSPS) is 12.7. The lowest BCUT2D eigenvalue weighted by atomic mass is 10.1. The summed E-state index contributed by atoms with van der Waals surface area (Å²) in [6.07, 6.45) is 0. The van der Waals surface area contributed by atoms with Gasteiger partial charge in [-0.05, 0) is 19.2 Å². The second kappa shape index (κ2) is 6.15. The molecule has 1 N–H and O–H groups in total. The van der Waals surface area contributed by atoms with Crippen LogP contribution in [-0.4, -0.2) is 18.6 Å². The fourth-order valence-electron chi connectivity index (χ4n) is 1.73. The minimum absolute atomic E-state index is 0.419. The van der Waals surface area contributed by atoms with Gasteiger partial charge >= 0.3 is 0 Å².